The number of ether oxygens (including phenoxy) is 1. The van der Waals surface area contributed by atoms with Gasteiger partial charge in [0.05, 0.1) is 13.7 Å². The molecular formula is C18H18F2N2O3. The van der Waals surface area contributed by atoms with E-state index in [1.54, 1.807) is 13.1 Å². The maximum absolute atomic E-state index is 13.7. The van der Waals surface area contributed by atoms with E-state index in [1.807, 2.05) is 0 Å². The fourth-order valence-electron chi connectivity index (χ4n) is 2.16. The molecule has 0 unspecified atom stereocenters. The number of benzene rings is 2. The molecule has 0 heterocycles. The Kier molecular flexibility index (Phi) is 6.05. The van der Waals surface area contributed by atoms with Gasteiger partial charge in [-0.1, -0.05) is 6.07 Å². The first-order chi connectivity index (χ1) is 11.9. The molecule has 2 amide bonds. The van der Waals surface area contributed by atoms with Crippen LogP contribution in [0.15, 0.2) is 42.5 Å². The summed E-state index contributed by atoms with van der Waals surface area (Å²) in [6.07, 6.45) is 0. The van der Waals surface area contributed by atoms with E-state index in [0.29, 0.717) is 5.56 Å². The maximum Gasteiger partial charge on any atom is 0.251 e. The molecule has 0 spiro atoms. The normalized spacial score (nSPS) is 10.2. The molecule has 0 saturated carbocycles. The zero-order chi connectivity index (χ0) is 18.4. The molecule has 0 bridgehead atoms. The molecular weight excluding hydrogens is 330 g/mol. The van der Waals surface area contributed by atoms with Gasteiger partial charge in [0.1, 0.15) is 5.82 Å². The van der Waals surface area contributed by atoms with Crippen molar-refractivity contribution >= 4 is 11.8 Å². The summed E-state index contributed by atoms with van der Waals surface area (Å²) in [5.74, 6) is -1.64. The van der Waals surface area contributed by atoms with Gasteiger partial charge in [-0.15, -0.1) is 0 Å². The van der Waals surface area contributed by atoms with Gasteiger partial charge in [-0.3, -0.25) is 9.59 Å². The summed E-state index contributed by atoms with van der Waals surface area (Å²) < 4.78 is 31.3. The average molecular weight is 348 g/mol. The quantitative estimate of drug-likeness (QED) is 0.872. The Morgan fingerprint density at radius 1 is 1.12 bits per heavy atom. The van der Waals surface area contributed by atoms with Crippen molar-refractivity contribution in [1.29, 1.82) is 0 Å². The second-order valence-corrected chi connectivity index (χ2v) is 5.41. The molecule has 0 radical (unpaired) electrons. The number of carbonyl (C=O) groups is 2. The molecule has 0 saturated heterocycles. The highest BCUT2D eigenvalue weighted by molar-refractivity contribution is 5.96. The first-order valence-corrected chi connectivity index (χ1v) is 7.51. The number of nitrogens with zero attached hydrogens (tertiary/aromatic N) is 1. The number of likely N-dealkylation sites (N-methyl/N-ethyl adjacent to an activating group) is 1. The lowest BCUT2D eigenvalue weighted by atomic mass is 10.2. The minimum absolute atomic E-state index is 0.129. The third kappa shape index (κ3) is 5.00. The van der Waals surface area contributed by atoms with Crippen molar-refractivity contribution in [2.45, 2.75) is 6.54 Å². The zero-order valence-corrected chi connectivity index (χ0v) is 13.9. The fraction of sp³-hybridized carbons (Fsp3) is 0.222. The third-order valence-electron chi connectivity index (χ3n) is 3.57. The standard InChI is InChI=1S/C18H18F2N2O3/c1-22(11-12-3-8-16(25-2)15(20)9-12)17(23)10-21-18(24)13-4-6-14(19)7-5-13/h3-9H,10-11H2,1-2H3,(H,21,24). The fourth-order valence-corrected chi connectivity index (χ4v) is 2.16. The molecule has 132 valence electrons. The van der Waals surface area contributed by atoms with E-state index in [0.717, 1.165) is 0 Å². The first-order valence-electron chi connectivity index (χ1n) is 7.51. The minimum atomic E-state index is -0.509. The lowest BCUT2D eigenvalue weighted by Crippen LogP contribution is -2.37. The van der Waals surface area contributed by atoms with Crippen LogP contribution in [0.1, 0.15) is 15.9 Å². The lowest BCUT2D eigenvalue weighted by Gasteiger charge is -2.18. The lowest BCUT2D eigenvalue weighted by molar-refractivity contribution is -0.129. The Hall–Kier alpha value is -2.96. The van der Waals surface area contributed by atoms with Gasteiger partial charge in [0.25, 0.3) is 5.91 Å². The van der Waals surface area contributed by atoms with Gasteiger partial charge in [-0.05, 0) is 42.0 Å². The molecule has 2 aromatic rings. The summed E-state index contributed by atoms with van der Waals surface area (Å²) in [6.45, 7) is -0.0302. The highest BCUT2D eigenvalue weighted by Crippen LogP contribution is 2.18. The monoisotopic (exact) mass is 348 g/mol. The number of hydrogen-bond donors (Lipinski definition) is 1. The highest BCUT2D eigenvalue weighted by atomic mass is 19.1. The summed E-state index contributed by atoms with van der Waals surface area (Å²) in [4.78, 5) is 25.3. The summed E-state index contributed by atoms with van der Waals surface area (Å²) >= 11 is 0. The van der Waals surface area contributed by atoms with Crippen LogP contribution in [-0.4, -0.2) is 37.4 Å². The van der Waals surface area contributed by atoms with Gasteiger partial charge in [-0.25, -0.2) is 8.78 Å². The van der Waals surface area contributed by atoms with Crippen molar-refractivity contribution in [1.82, 2.24) is 10.2 Å². The van der Waals surface area contributed by atoms with Crippen LogP contribution in [-0.2, 0) is 11.3 Å². The second-order valence-electron chi connectivity index (χ2n) is 5.41. The number of nitrogens with one attached hydrogen (secondary N) is 1. The van der Waals surface area contributed by atoms with E-state index in [2.05, 4.69) is 5.32 Å². The van der Waals surface area contributed by atoms with Crippen molar-refractivity contribution in [3.63, 3.8) is 0 Å². The van der Waals surface area contributed by atoms with Crippen molar-refractivity contribution in [2.24, 2.45) is 0 Å². The predicted molar refractivity (Wildman–Crippen MR) is 88.2 cm³/mol. The summed E-state index contributed by atoms with van der Waals surface area (Å²) in [7, 11) is 2.92. The summed E-state index contributed by atoms with van der Waals surface area (Å²) in [5.41, 5.74) is 0.855. The van der Waals surface area contributed by atoms with Crippen LogP contribution < -0.4 is 10.1 Å². The topological polar surface area (TPSA) is 58.6 Å². The van der Waals surface area contributed by atoms with E-state index < -0.39 is 17.5 Å². The number of rotatable bonds is 6. The van der Waals surface area contributed by atoms with Crippen LogP contribution in [0.2, 0.25) is 0 Å². The van der Waals surface area contributed by atoms with Crippen LogP contribution in [0.3, 0.4) is 0 Å². The van der Waals surface area contributed by atoms with Crippen molar-refractivity contribution < 1.29 is 23.1 Å². The van der Waals surface area contributed by atoms with Gasteiger partial charge in [0, 0.05) is 19.2 Å². The van der Waals surface area contributed by atoms with E-state index in [9.17, 15) is 18.4 Å². The Balaban J connectivity index is 1.88. The minimum Gasteiger partial charge on any atom is -0.494 e. The van der Waals surface area contributed by atoms with Gasteiger partial charge < -0.3 is 15.0 Å². The molecule has 1 N–H and O–H groups in total. The van der Waals surface area contributed by atoms with Crippen LogP contribution in [0.25, 0.3) is 0 Å². The number of hydrogen-bond acceptors (Lipinski definition) is 3. The van der Waals surface area contributed by atoms with Crippen LogP contribution in [0, 0.1) is 11.6 Å². The number of halogens is 2. The van der Waals surface area contributed by atoms with Gasteiger partial charge >= 0.3 is 0 Å². The van der Waals surface area contributed by atoms with Gasteiger partial charge in [0.2, 0.25) is 5.91 Å². The van der Waals surface area contributed by atoms with Crippen molar-refractivity contribution in [2.75, 3.05) is 20.7 Å². The Bertz CT molecular complexity index is 763. The highest BCUT2D eigenvalue weighted by Gasteiger charge is 2.13. The van der Waals surface area contributed by atoms with Crippen LogP contribution >= 0.6 is 0 Å². The van der Waals surface area contributed by atoms with E-state index >= 15 is 0 Å². The zero-order valence-electron chi connectivity index (χ0n) is 13.9. The van der Waals surface area contributed by atoms with E-state index in [4.69, 9.17) is 4.74 Å². The van der Waals surface area contributed by atoms with Crippen molar-refractivity contribution in [3.8, 4) is 5.75 Å². The average Bonchev–Trinajstić information content (AvgIpc) is 2.60. The SMILES string of the molecule is COc1ccc(CN(C)C(=O)CNC(=O)c2ccc(F)cc2)cc1F. The molecule has 25 heavy (non-hydrogen) atoms. The van der Waals surface area contributed by atoms with Gasteiger partial charge in [-0.2, -0.15) is 0 Å². The predicted octanol–water partition coefficient (Wildman–Crippen LogP) is 2.36. The number of methoxy groups -OCH3 is 1. The molecule has 2 rings (SSSR count). The number of amides is 2. The Morgan fingerprint density at radius 2 is 1.80 bits per heavy atom. The molecule has 0 aliphatic rings. The largest absolute Gasteiger partial charge is 0.494 e. The Labute approximate surface area is 144 Å². The van der Waals surface area contributed by atoms with Crippen LogP contribution in [0.5, 0.6) is 5.75 Å². The summed E-state index contributed by atoms with van der Waals surface area (Å²) in [5, 5.41) is 2.47. The Morgan fingerprint density at radius 3 is 2.40 bits per heavy atom. The maximum atomic E-state index is 13.7. The molecule has 0 aromatic heterocycles. The molecule has 0 atom stereocenters. The van der Waals surface area contributed by atoms with E-state index in [1.165, 1.54) is 48.4 Å². The molecule has 0 aliphatic carbocycles. The summed E-state index contributed by atoms with van der Waals surface area (Å²) in [6, 6.07) is 9.43. The second kappa shape index (κ2) is 8.23. The van der Waals surface area contributed by atoms with E-state index in [-0.39, 0.29) is 30.3 Å². The van der Waals surface area contributed by atoms with Gasteiger partial charge in [0.15, 0.2) is 11.6 Å². The smallest absolute Gasteiger partial charge is 0.251 e. The molecule has 2 aromatic carbocycles. The molecule has 0 aliphatic heterocycles. The molecule has 7 heteroatoms. The third-order valence-corrected chi connectivity index (χ3v) is 3.57. The molecule has 0 fully saturated rings. The van der Waals surface area contributed by atoms with Crippen molar-refractivity contribution in [3.05, 3.63) is 65.2 Å². The molecule has 5 nitrogen and oxygen atoms in total. The number of carbonyl (C=O) groups excluding carboxylic acids is 2. The first kappa shape index (κ1) is 18.4. The van der Waals surface area contributed by atoms with Crippen LogP contribution in [0.4, 0.5) is 8.78 Å².